The average molecular weight is 455 g/mol. The molecule has 1 aliphatic rings. The maximum Gasteiger partial charge on any atom is 0.162 e. The van der Waals surface area contributed by atoms with Crippen molar-refractivity contribution in [3.8, 4) is 11.5 Å². The summed E-state index contributed by atoms with van der Waals surface area (Å²) in [5, 5.41) is 0. The fourth-order valence-corrected chi connectivity index (χ4v) is 4.67. The molecule has 0 atom stereocenters. The van der Waals surface area contributed by atoms with Crippen LogP contribution in [0.4, 0.5) is 0 Å². The van der Waals surface area contributed by atoms with E-state index in [9.17, 15) is 9.59 Å². The summed E-state index contributed by atoms with van der Waals surface area (Å²) in [7, 11) is 8.18. The lowest BCUT2D eigenvalue weighted by molar-refractivity contribution is 0.0970. The number of unbranched alkanes of at least 4 members (excludes halogenated alkanes) is 2. The highest BCUT2D eigenvalue weighted by Crippen LogP contribution is 2.47. The summed E-state index contributed by atoms with van der Waals surface area (Å²) in [5.41, 5.74) is 1.45. The lowest BCUT2D eigenvalue weighted by atomic mass is 10.0. The Morgan fingerprint density at radius 1 is 0.719 bits per heavy atom. The Kier molecular flexibility index (Phi) is 8.91. The first-order valence-electron chi connectivity index (χ1n) is 11.3. The topological polar surface area (TPSA) is 49.9 Å². The third kappa shape index (κ3) is 6.92. The van der Waals surface area contributed by atoms with Gasteiger partial charge in [0.15, 0.2) is 11.6 Å². The maximum absolute atomic E-state index is 12.6. The molecule has 0 unspecified atom stereocenters. The highest BCUT2D eigenvalue weighted by atomic mass is 32.2. The van der Waals surface area contributed by atoms with Crippen molar-refractivity contribution < 1.29 is 14.3 Å². The third-order valence-corrected chi connectivity index (χ3v) is 6.57. The molecule has 172 valence electrons. The van der Waals surface area contributed by atoms with Crippen molar-refractivity contribution >= 4 is 23.3 Å². The molecule has 32 heavy (non-hydrogen) atoms. The molecule has 0 bridgehead atoms. The summed E-state index contributed by atoms with van der Waals surface area (Å²) in [6.07, 6.45) is 4.92. The van der Waals surface area contributed by atoms with E-state index in [-0.39, 0.29) is 11.6 Å². The number of fused-ring (bicyclic) bond motifs is 2. The van der Waals surface area contributed by atoms with Crippen molar-refractivity contribution in [1.29, 1.82) is 0 Å². The van der Waals surface area contributed by atoms with Crippen molar-refractivity contribution in [1.82, 2.24) is 9.80 Å². The van der Waals surface area contributed by atoms with Crippen LogP contribution in [0.25, 0.3) is 0 Å². The van der Waals surface area contributed by atoms with Gasteiger partial charge in [-0.05, 0) is 103 Å². The van der Waals surface area contributed by atoms with Crippen LogP contribution in [0.15, 0.2) is 46.2 Å². The van der Waals surface area contributed by atoms with E-state index in [1.165, 1.54) is 0 Å². The van der Waals surface area contributed by atoms with Gasteiger partial charge in [0.1, 0.15) is 11.5 Å². The molecule has 0 saturated carbocycles. The van der Waals surface area contributed by atoms with Gasteiger partial charge in [0, 0.05) is 24.0 Å². The van der Waals surface area contributed by atoms with Crippen molar-refractivity contribution in [3.05, 3.63) is 47.5 Å². The molecule has 6 heteroatoms. The number of nitrogens with zero attached hydrogens (tertiary/aromatic N) is 2. The molecular weight excluding hydrogens is 420 g/mol. The lowest BCUT2D eigenvalue weighted by Gasteiger charge is -2.20. The van der Waals surface area contributed by atoms with Gasteiger partial charge in [-0.15, -0.1) is 0 Å². The molecule has 3 rings (SSSR count). The van der Waals surface area contributed by atoms with E-state index in [4.69, 9.17) is 4.74 Å². The molecule has 2 aromatic carbocycles. The number of carbonyl (C=O) groups is 2. The molecule has 0 aromatic heterocycles. The largest absolute Gasteiger partial charge is 0.455 e. The highest BCUT2D eigenvalue weighted by Gasteiger charge is 2.21. The van der Waals surface area contributed by atoms with Crippen molar-refractivity contribution in [3.63, 3.8) is 0 Å². The summed E-state index contributed by atoms with van der Waals surface area (Å²) >= 11 is 1.57. The maximum atomic E-state index is 12.6. The van der Waals surface area contributed by atoms with Gasteiger partial charge < -0.3 is 14.5 Å². The van der Waals surface area contributed by atoms with Gasteiger partial charge in [0.2, 0.25) is 0 Å². The predicted octanol–water partition coefficient (Wildman–Crippen LogP) is 5.77. The molecule has 1 aliphatic heterocycles. The van der Waals surface area contributed by atoms with Gasteiger partial charge in [-0.1, -0.05) is 11.8 Å². The standard InChI is InChI=1S/C26H34N2O3S/c1-27(2)15-7-5-9-21(29)19-11-13-23-25(17-19)32-26-18-20(12-14-24(26)31-23)22(30)10-6-8-16-28(3)4/h11-14,17-18H,5-10,15-16H2,1-4H3. The number of hydrogen-bond donors (Lipinski definition) is 0. The van der Waals surface area contributed by atoms with E-state index in [1.807, 2.05) is 64.6 Å². The minimum Gasteiger partial charge on any atom is -0.455 e. The van der Waals surface area contributed by atoms with Crippen LogP contribution in [0.5, 0.6) is 11.5 Å². The van der Waals surface area contributed by atoms with Crippen molar-refractivity contribution in [2.45, 2.75) is 48.3 Å². The number of benzene rings is 2. The first-order chi connectivity index (χ1) is 15.3. The fraction of sp³-hybridized carbons (Fsp3) is 0.462. The van der Waals surface area contributed by atoms with Crippen LogP contribution in [-0.2, 0) is 0 Å². The number of ether oxygens (including phenoxy) is 1. The summed E-state index contributed by atoms with van der Waals surface area (Å²) in [6.45, 7) is 1.99. The molecular formula is C26H34N2O3S. The monoisotopic (exact) mass is 454 g/mol. The zero-order valence-corrected chi connectivity index (χ0v) is 20.5. The molecule has 5 nitrogen and oxygen atoms in total. The third-order valence-electron chi connectivity index (χ3n) is 5.49. The summed E-state index contributed by atoms with van der Waals surface area (Å²) in [5.74, 6) is 1.85. The van der Waals surface area contributed by atoms with Crippen LogP contribution >= 0.6 is 11.8 Å². The van der Waals surface area contributed by atoms with Crippen molar-refractivity contribution in [2.24, 2.45) is 0 Å². The second-order valence-corrected chi connectivity index (χ2v) is 9.98. The second-order valence-electron chi connectivity index (χ2n) is 8.89. The molecule has 0 N–H and O–H groups in total. The Hall–Kier alpha value is -2.15. The number of Topliss-reactive ketones (excluding diaryl/α,β-unsaturated/α-hetero) is 2. The van der Waals surface area contributed by atoms with Crippen LogP contribution < -0.4 is 4.74 Å². The van der Waals surface area contributed by atoms with E-state index in [2.05, 4.69) is 9.80 Å². The molecule has 0 saturated heterocycles. The van der Waals surface area contributed by atoms with E-state index < -0.39 is 0 Å². The number of ketones is 2. The first-order valence-corrected chi connectivity index (χ1v) is 12.1. The van der Waals surface area contributed by atoms with Crippen LogP contribution in [0.2, 0.25) is 0 Å². The summed E-state index contributed by atoms with van der Waals surface area (Å²) in [4.78, 5) is 31.4. The van der Waals surface area contributed by atoms with E-state index in [0.717, 1.165) is 71.2 Å². The quantitative estimate of drug-likeness (QED) is 0.256. The van der Waals surface area contributed by atoms with Gasteiger partial charge in [-0.3, -0.25) is 9.59 Å². The van der Waals surface area contributed by atoms with Gasteiger partial charge in [0.25, 0.3) is 0 Å². The number of carbonyl (C=O) groups excluding carboxylic acids is 2. The zero-order chi connectivity index (χ0) is 23.1. The summed E-state index contributed by atoms with van der Waals surface area (Å²) in [6, 6.07) is 11.3. The summed E-state index contributed by atoms with van der Waals surface area (Å²) < 4.78 is 6.04. The van der Waals surface area contributed by atoms with Crippen LogP contribution in [-0.4, -0.2) is 62.6 Å². The van der Waals surface area contributed by atoms with Gasteiger partial charge in [-0.2, -0.15) is 0 Å². The second kappa shape index (κ2) is 11.6. The molecule has 0 aliphatic carbocycles. The van der Waals surface area contributed by atoms with Crippen LogP contribution in [0.1, 0.15) is 59.2 Å². The van der Waals surface area contributed by atoms with Crippen LogP contribution in [0.3, 0.4) is 0 Å². The van der Waals surface area contributed by atoms with Gasteiger partial charge >= 0.3 is 0 Å². The number of hydrogen-bond acceptors (Lipinski definition) is 6. The SMILES string of the molecule is CN(C)CCCCC(=O)c1ccc2c(c1)Sc1cc(C(=O)CCCCN(C)C)ccc1O2. The first kappa shape index (κ1) is 24.5. The highest BCUT2D eigenvalue weighted by molar-refractivity contribution is 7.99. The minimum absolute atomic E-state index is 0.166. The Morgan fingerprint density at radius 2 is 1.16 bits per heavy atom. The minimum atomic E-state index is 0.166. The van der Waals surface area contributed by atoms with Crippen molar-refractivity contribution in [2.75, 3.05) is 41.3 Å². The Morgan fingerprint density at radius 3 is 1.56 bits per heavy atom. The smallest absolute Gasteiger partial charge is 0.162 e. The Labute approximate surface area is 196 Å². The Bertz CT molecular complexity index is 881. The average Bonchev–Trinajstić information content (AvgIpc) is 2.76. The fourth-order valence-electron chi connectivity index (χ4n) is 3.64. The molecule has 0 radical (unpaired) electrons. The predicted molar refractivity (Wildman–Crippen MR) is 131 cm³/mol. The Balaban J connectivity index is 1.62. The van der Waals surface area contributed by atoms with Gasteiger partial charge in [0.05, 0.1) is 9.79 Å². The molecule has 0 fully saturated rings. The molecule has 0 spiro atoms. The normalized spacial score (nSPS) is 12.4. The zero-order valence-electron chi connectivity index (χ0n) is 19.6. The van der Waals surface area contributed by atoms with Gasteiger partial charge in [-0.25, -0.2) is 0 Å². The lowest BCUT2D eigenvalue weighted by Crippen LogP contribution is -2.13. The van der Waals surface area contributed by atoms with Crippen LogP contribution in [0, 0.1) is 0 Å². The molecule has 2 aromatic rings. The molecule has 1 heterocycles. The van der Waals surface area contributed by atoms with E-state index in [0.29, 0.717) is 12.8 Å². The van der Waals surface area contributed by atoms with E-state index in [1.54, 1.807) is 11.8 Å². The number of rotatable bonds is 12. The molecule has 0 amide bonds. The van der Waals surface area contributed by atoms with E-state index >= 15 is 0 Å².